The molecule has 0 saturated carbocycles. The van der Waals surface area contributed by atoms with E-state index in [-0.39, 0.29) is 18.6 Å². The molecule has 120 valence electrons. The SMILES string of the molecule is CN1CCNCC1c1noc(-c2ccc3c(c2)OCC(=O)N3)n1. The number of carbonyl (C=O) groups excluding carboxylic acids is 1. The van der Waals surface area contributed by atoms with Crippen LogP contribution in [0, 0.1) is 0 Å². The Hall–Kier alpha value is -2.45. The van der Waals surface area contributed by atoms with Gasteiger partial charge in [-0.1, -0.05) is 5.16 Å². The van der Waals surface area contributed by atoms with Gasteiger partial charge in [0.15, 0.2) is 12.4 Å². The Kier molecular flexibility index (Phi) is 3.47. The Morgan fingerprint density at radius 1 is 1.39 bits per heavy atom. The van der Waals surface area contributed by atoms with Crippen molar-refractivity contribution in [2.45, 2.75) is 6.04 Å². The molecule has 1 unspecified atom stereocenters. The average Bonchev–Trinajstić information content (AvgIpc) is 3.04. The summed E-state index contributed by atoms with van der Waals surface area (Å²) in [4.78, 5) is 18.0. The van der Waals surface area contributed by atoms with Crippen molar-refractivity contribution >= 4 is 11.6 Å². The Labute approximate surface area is 132 Å². The number of piperazine rings is 1. The molecular weight excluding hydrogens is 298 g/mol. The van der Waals surface area contributed by atoms with Crippen LogP contribution < -0.4 is 15.4 Å². The number of nitrogens with one attached hydrogen (secondary N) is 2. The molecule has 1 aromatic heterocycles. The number of nitrogens with zero attached hydrogens (tertiary/aromatic N) is 3. The van der Waals surface area contributed by atoms with Crippen molar-refractivity contribution in [3.8, 4) is 17.2 Å². The van der Waals surface area contributed by atoms with Crippen LogP contribution >= 0.6 is 0 Å². The number of rotatable bonds is 2. The van der Waals surface area contributed by atoms with Crippen molar-refractivity contribution in [1.29, 1.82) is 0 Å². The molecule has 0 spiro atoms. The van der Waals surface area contributed by atoms with Gasteiger partial charge in [0.05, 0.1) is 11.7 Å². The maximum atomic E-state index is 11.3. The number of anilines is 1. The number of aromatic nitrogens is 2. The number of hydrogen-bond acceptors (Lipinski definition) is 7. The number of fused-ring (bicyclic) bond motifs is 1. The maximum Gasteiger partial charge on any atom is 0.262 e. The van der Waals surface area contributed by atoms with Crippen molar-refractivity contribution < 1.29 is 14.1 Å². The predicted octanol–water partition coefficient (Wildman–Crippen LogP) is 0.644. The van der Waals surface area contributed by atoms with Crippen molar-refractivity contribution in [3.05, 3.63) is 24.0 Å². The number of amides is 1. The standard InChI is InChI=1S/C15H17N5O3/c1-20-5-4-16-7-11(20)14-18-15(23-19-14)9-2-3-10-12(6-9)22-8-13(21)17-10/h2-3,6,11,16H,4-5,7-8H2,1H3,(H,17,21). The fourth-order valence-corrected chi connectivity index (χ4v) is 2.79. The second kappa shape index (κ2) is 5.64. The molecule has 2 aromatic rings. The first kappa shape index (κ1) is 14.2. The second-order valence-electron chi connectivity index (χ2n) is 5.71. The lowest BCUT2D eigenvalue weighted by molar-refractivity contribution is -0.118. The van der Waals surface area contributed by atoms with Gasteiger partial charge in [-0.05, 0) is 25.2 Å². The van der Waals surface area contributed by atoms with Gasteiger partial charge in [0.25, 0.3) is 11.8 Å². The van der Waals surface area contributed by atoms with E-state index >= 15 is 0 Å². The molecule has 1 saturated heterocycles. The molecule has 2 aliphatic heterocycles. The molecule has 0 aliphatic carbocycles. The Morgan fingerprint density at radius 2 is 2.30 bits per heavy atom. The van der Waals surface area contributed by atoms with E-state index in [2.05, 4.69) is 32.7 Å². The highest BCUT2D eigenvalue weighted by Crippen LogP contribution is 2.32. The minimum Gasteiger partial charge on any atom is -0.482 e. The minimum absolute atomic E-state index is 0.0179. The molecular formula is C15H17N5O3. The van der Waals surface area contributed by atoms with E-state index in [1.54, 1.807) is 12.1 Å². The molecule has 1 atom stereocenters. The van der Waals surface area contributed by atoms with Gasteiger partial charge in [-0.25, -0.2) is 0 Å². The Morgan fingerprint density at radius 3 is 3.17 bits per heavy atom. The minimum atomic E-state index is -0.154. The van der Waals surface area contributed by atoms with Crippen LogP contribution in [-0.4, -0.2) is 54.2 Å². The van der Waals surface area contributed by atoms with Crippen molar-refractivity contribution in [2.24, 2.45) is 0 Å². The molecule has 1 aromatic carbocycles. The van der Waals surface area contributed by atoms with E-state index in [9.17, 15) is 4.79 Å². The van der Waals surface area contributed by atoms with Gasteiger partial charge in [-0.2, -0.15) is 4.98 Å². The topological polar surface area (TPSA) is 92.5 Å². The predicted molar refractivity (Wildman–Crippen MR) is 82.1 cm³/mol. The highest BCUT2D eigenvalue weighted by atomic mass is 16.5. The average molecular weight is 315 g/mol. The van der Waals surface area contributed by atoms with Gasteiger partial charge < -0.3 is 19.9 Å². The largest absolute Gasteiger partial charge is 0.482 e. The molecule has 23 heavy (non-hydrogen) atoms. The molecule has 2 N–H and O–H groups in total. The Balaban J connectivity index is 1.60. The van der Waals surface area contributed by atoms with Gasteiger partial charge >= 0.3 is 0 Å². The summed E-state index contributed by atoms with van der Waals surface area (Å²) in [6.45, 7) is 2.73. The summed E-state index contributed by atoms with van der Waals surface area (Å²) >= 11 is 0. The lowest BCUT2D eigenvalue weighted by Gasteiger charge is -2.30. The van der Waals surface area contributed by atoms with E-state index in [0.29, 0.717) is 23.2 Å². The second-order valence-corrected chi connectivity index (χ2v) is 5.71. The van der Waals surface area contributed by atoms with Gasteiger partial charge in [0.1, 0.15) is 5.75 Å². The van der Waals surface area contributed by atoms with Crippen LogP contribution in [0.5, 0.6) is 5.75 Å². The summed E-state index contributed by atoms with van der Waals surface area (Å²) in [6.07, 6.45) is 0. The summed E-state index contributed by atoms with van der Waals surface area (Å²) in [5.41, 5.74) is 1.42. The van der Waals surface area contributed by atoms with Gasteiger partial charge in [-0.15, -0.1) is 0 Å². The molecule has 0 radical (unpaired) electrons. The first-order valence-electron chi connectivity index (χ1n) is 7.52. The van der Waals surface area contributed by atoms with E-state index < -0.39 is 0 Å². The van der Waals surface area contributed by atoms with Crippen LogP contribution in [0.2, 0.25) is 0 Å². The monoisotopic (exact) mass is 315 g/mol. The van der Waals surface area contributed by atoms with Crippen LogP contribution in [0.3, 0.4) is 0 Å². The molecule has 8 heteroatoms. The Bertz CT molecular complexity index is 744. The van der Waals surface area contributed by atoms with E-state index in [1.807, 2.05) is 6.07 Å². The van der Waals surface area contributed by atoms with Gasteiger partial charge in [0, 0.05) is 25.2 Å². The van der Waals surface area contributed by atoms with Crippen LogP contribution in [0.15, 0.2) is 22.7 Å². The van der Waals surface area contributed by atoms with E-state index in [4.69, 9.17) is 9.26 Å². The quantitative estimate of drug-likeness (QED) is 0.840. The molecule has 3 heterocycles. The molecule has 0 bridgehead atoms. The summed E-state index contributed by atoms with van der Waals surface area (Å²) in [5.74, 6) is 1.57. The van der Waals surface area contributed by atoms with Crippen LogP contribution in [0.25, 0.3) is 11.5 Å². The third-order valence-corrected chi connectivity index (χ3v) is 4.11. The zero-order chi connectivity index (χ0) is 15.8. The van der Waals surface area contributed by atoms with Crippen LogP contribution in [0.4, 0.5) is 5.69 Å². The fraction of sp³-hybridized carbons (Fsp3) is 0.400. The highest BCUT2D eigenvalue weighted by molar-refractivity contribution is 5.95. The third-order valence-electron chi connectivity index (χ3n) is 4.11. The molecule has 1 fully saturated rings. The van der Waals surface area contributed by atoms with Crippen LogP contribution in [-0.2, 0) is 4.79 Å². The zero-order valence-corrected chi connectivity index (χ0v) is 12.7. The molecule has 1 amide bonds. The van der Waals surface area contributed by atoms with Crippen molar-refractivity contribution in [1.82, 2.24) is 20.4 Å². The lowest BCUT2D eigenvalue weighted by atomic mass is 10.1. The maximum absolute atomic E-state index is 11.3. The summed E-state index contributed by atoms with van der Waals surface area (Å²) < 4.78 is 10.8. The van der Waals surface area contributed by atoms with Gasteiger partial charge in [0.2, 0.25) is 0 Å². The van der Waals surface area contributed by atoms with E-state index in [0.717, 1.165) is 25.2 Å². The molecule has 8 nitrogen and oxygen atoms in total. The van der Waals surface area contributed by atoms with Crippen molar-refractivity contribution in [3.63, 3.8) is 0 Å². The number of ether oxygens (including phenoxy) is 1. The smallest absolute Gasteiger partial charge is 0.262 e. The van der Waals surface area contributed by atoms with Gasteiger partial charge in [-0.3, -0.25) is 9.69 Å². The van der Waals surface area contributed by atoms with Crippen LogP contribution in [0.1, 0.15) is 11.9 Å². The zero-order valence-electron chi connectivity index (χ0n) is 12.7. The first-order chi connectivity index (χ1) is 11.2. The van der Waals surface area contributed by atoms with E-state index in [1.165, 1.54) is 0 Å². The third kappa shape index (κ3) is 2.66. The summed E-state index contributed by atoms with van der Waals surface area (Å²) in [7, 11) is 2.05. The molecule has 2 aliphatic rings. The number of carbonyl (C=O) groups is 1. The number of likely N-dealkylation sites (N-methyl/N-ethyl adjacent to an activating group) is 1. The lowest BCUT2D eigenvalue weighted by Crippen LogP contribution is -2.44. The molecule has 4 rings (SSSR count). The normalized spacial score (nSPS) is 21.4. The number of hydrogen-bond donors (Lipinski definition) is 2. The highest BCUT2D eigenvalue weighted by Gasteiger charge is 2.26. The number of benzene rings is 1. The fourth-order valence-electron chi connectivity index (χ4n) is 2.79. The summed E-state index contributed by atoms with van der Waals surface area (Å²) in [6, 6.07) is 5.51. The summed E-state index contributed by atoms with van der Waals surface area (Å²) in [5, 5.41) is 10.2. The first-order valence-corrected chi connectivity index (χ1v) is 7.52. The van der Waals surface area contributed by atoms with Crippen molar-refractivity contribution in [2.75, 3.05) is 38.6 Å².